The van der Waals surface area contributed by atoms with Gasteiger partial charge in [0.2, 0.25) is 11.8 Å². The van der Waals surface area contributed by atoms with Crippen LogP contribution in [0.1, 0.15) is 18.1 Å². The van der Waals surface area contributed by atoms with Crippen LogP contribution >= 0.6 is 27.5 Å². The van der Waals surface area contributed by atoms with E-state index in [2.05, 4.69) is 21.2 Å². The Morgan fingerprint density at radius 3 is 2.17 bits per heavy atom. The minimum atomic E-state index is -4.16. The van der Waals surface area contributed by atoms with E-state index < -0.39 is 28.5 Å². The lowest BCUT2D eigenvalue weighted by Gasteiger charge is -2.34. The molecular formula is C32H31BrClN3O4S. The Morgan fingerprint density at radius 1 is 0.881 bits per heavy atom. The Hall–Kier alpha value is -3.66. The summed E-state index contributed by atoms with van der Waals surface area (Å²) in [6.07, 6.45) is 0.227. The van der Waals surface area contributed by atoms with Crippen LogP contribution in [0.15, 0.2) is 119 Å². The van der Waals surface area contributed by atoms with Gasteiger partial charge in [-0.2, -0.15) is 0 Å². The molecule has 0 spiro atoms. The number of nitrogens with one attached hydrogen (secondary N) is 1. The summed E-state index contributed by atoms with van der Waals surface area (Å²) >= 11 is 9.91. The molecule has 1 unspecified atom stereocenters. The molecule has 7 nitrogen and oxygen atoms in total. The number of amides is 2. The smallest absolute Gasteiger partial charge is 0.264 e. The number of rotatable bonds is 12. The second-order valence-corrected chi connectivity index (χ2v) is 12.7. The first kappa shape index (κ1) is 31.3. The summed E-state index contributed by atoms with van der Waals surface area (Å²) in [5.74, 6) is -0.900. The van der Waals surface area contributed by atoms with Crippen molar-refractivity contribution in [2.24, 2.45) is 0 Å². The summed E-state index contributed by atoms with van der Waals surface area (Å²) in [4.78, 5) is 29.3. The Bertz CT molecular complexity index is 1620. The maximum atomic E-state index is 14.3. The second-order valence-electron chi connectivity index (χ2n) is 9.52. The monoisotopic (exact) mass is 667 g/mol. The zero-order valence-corrected chi connectivity index (χ0v) is 26.1. The van der Waals surface area contributed by atoms with Gasteiger partial charge in [0.15, 0.2) is 0 Å². The second kappa shape index (κ2) is 14.5. The molecule has 0 aliphatic carbocycles. The number of carbonyl (C=O) groups is 2. The van der Waals surface area contributed by atoms with Gasteiger partial charge in [0.25, 0.3) is 10.0 Å². The minimum Gasteiger partial charge on any atom is -0.355 e. The number of hydrogen-bond donors (Lipinski definition) is 1. The van der Waals surface area contributed by atoms with E-state index in [9.17, 15) is 18.0 Å². The van der Waals surface area contributed by atoms with Crippen LogP contribution in [0.25, 0.3) is 0 Å². The molecule has 4 rings (SSSR count). The lowest BCUT2D eigenvalue weighted by Crippen LogP contribution is -2.53. The molecular weight excluding hydrogens is 638 g/mol. The van der Waals surface area contributed by atoms with E-state index in [0.717, 1.165) is 9.87 Å². The molecule has 0 fully saturated rings. The largest absolute Gasteiger partial charge is 0.355 e. The number of anilines is 1. The summed E-state index contributed by atoms with van der Waals surface area (Å²) in [7, 11) is -4.16. The van der Waals surface area contributed by atoms with Gasteiger partial charge in [0, 0.05) is 29.0 Å². The number of benzene rings is 4. The van der Waals surface area contributed by atoms with E-state index in [1.54, 1.807) is 73.7 Å². The van der Waals surface area contributed by atoms with Crippen molar-refractivity contribution in [1.29, 1.82) is 0 Å². The van der Waals surface area contributed by atoms with Crippen LogP contribution in [0.5, 0.6) is 0 Å². The van der Waals surface area contributed by atoms with E-state index >= 15 is 0 Å². The van der Waals surface area contributed by atoms with Gasteiger partial charge < -0.3 is 10.2 Å². The van der Waals surface area contributed by atoms with E-state index in [1.807, 2.05) is 30.3 Å². The van der Waals surface area contributed by atoms with E-state index in [0.29, 0.717) is 27.3 Å². The lowest BCUT2D eigenvalue weighted by atomic mass is 10.0. The quantitative estimate of drug-likeness (QED) is 0.199. The predicted octanol–water partition coefficient (Wildman–Crippen LogP) is 6.07. The fourth-order valence-electron chi connectivity index (χ4n) is 4.54. The van der Waals surface area contributed by atoms with Crippen molar-refractivity contribution in [3.8, 4) is 0 Å². The molecule has 42 heavy (non-hydrogen) atoms. The molecule has 0 aromatic heterocycles. The van der Waals surface area contributed by atoms with Gasteiger partial charge in [0.1, 0.15) is 12.6 Å². The van der Waals surface area contributed by atoms with Crippen molar-refractivity contribution >= 4 is 55.1 Å². The van der Waals surface area contributed by atoms with Crippen molar-refractivity contribution < 1.29 is 18.0 Å². The molecule has 1 atom stereocenters. The van der Waals surface area contributed by atoms with Crippen molar-refractivity contribution in [1.82, 2.24) is 10.2 Å². The third-order valence-electron chi connectivity index (χ3n) is 6.63. The number of sulfonamides is 1. The van der Waals surface area contributed by atoms with E-state index in [-0.39, 0.29) is 23.8 Å². The molecule has 10 heteroatoms. The Morgan fingerprint density at radius 2 is 1.52 bits per heavy atom. The van der Waals surface area contributed by atoms with Crippen LogP contribution in [-0.4, -0.2) is 44.3 Å². The summed E-state index contributed by atoms with van der Waals surface area (Å²) in [6, 6.07) is 30.2. The Kier molecular flexibility index (Phi) is 10.8. The first-order valence-corrected chi connectivity index (χ1v) is 16.0. The third-order valence-corrected chi connectivity index (χ3v) is 9.28. The molecule has 4 aromatic carbocycles. The highest BCUT2D eigenvalue weighted by atomic mass is 79.9. The van der Waals surface area contributed by atoms with Gasteiger partial charge in [0.05, 0.1) is 10.6 Å². The number of likely N-dealkylation sites (N-methyl/N-ethyl adjacent to an activating group) is 1. The van der Waals surface area contributed by atoms with Crippen LogP contribution in [-0.2, 0) is 32.6 Å². The molecule has 218 valence electrons. The minimum absolute atomic E-state index is 0.00481. The molecule has 2 amide bonds. The van der Waals surface area contributed by atoms with Crippen molar-refractivity contribution in [3.63, 3.8) is 0 Å². The van der Waals surface area contributed by atoms with Crippen LogP contribution in [0, 0.1) is 0 Å². The van der Waals surface area contributed by atoms with Crippen molar-refractivity contribution in [3.05, 3.63) is 130 Å². The number of carbonyl (C=O) groups excluding carboxylic acids is 2. The van der Waals surface area contributed by atoms with Gasteiger partial charge in [-0.25, -0.2) is 8.42 Å². The molecule has 0 bridgehead atoms. The first-order chi connectivity index (χ1) is 20.2. The molecule has 0 heterocycles. The fraction of sp³-hybridized carbons (Fsp3) is 0.188. The number of hydrogen-bond acceptors (Lipinski definition) is 4. The van der Waals surface area contributed by atoms with Crippen molar-refractivity contribution in [2.45, 2.75) is 30.8 Å². The van der Waals surface area contributed by atoms with E-state index in [4.69, 9.17) is 11.6 Å². The number of halogens is 2. The molecule has 0 saturated carbocycles. The Balaban J connectivity index is 1.80. The van der Waals surface area contributed by atoms with Crippen LogP contribution in [0.3, 0.4) is 0 Å². The lowest BCUT2D eigenvalue weighted by molar-refractivity contribution is -0.140. The predicted molar refractivity (Wildman–Crippen MR) is 170 cm³/mol. The standard InChI is InChI=1S/C32H31BrClN3O4S/c1-2-35-32(39)30(20-24-12-5-3-6-13-24)36(22-25-14-9-10-19-29(25)34)31(38)23-37(27-16-11-15-26(33)21-27)42(40,41)28-17-7-4-8-18-28/h3-19,21,30H,2,20,22-23H2,1H3,(H,35,39). The average molecular weight is 669 g/mol. The van der Waals surface area contributed by atoms with Gasteiger partial charge in [-0.05, 0) is 54.4 Å². The van der Waals surface area contributed by atoms with Crippen LogP contribution < -0.4 is 9.62 Å². The first-order valence-electron chi connectivity index (χ1n) is 13.4. The fourth-order valence-corrected chi connectivity index (χ4v) is 6.55. The SMILES string of the molecule is CCNC(=O)C(Cc1ccccc1)N(Cc1ccccc1Cl)C(=O)CN(c1cccc(Br)c1)S(=O)(=O)c1ccccc1. The molecule has 4 aromatic rings. The summed E-state index contributed by atoms with van der Waals surface area (Å²) in [5.41, 5.74) is 1.79. The number of nitrogens with zero attached hydrogens (tertiary/aromatic N) is 2. The third kappa shape index (κ3) is 7.79. The summed E-state index contributed by atoms with van der Waals surface area (Å²) in [5, 5.41) is 3.28. The van der Waals surface area contributed by atoms with Crippen LogP contribution in [0.4, 0.5) is 5.69 Å². The van der Waals surface area contributed by atoms with Crippen molar-refractivity contribution in [2.75, 3.05) is 17.4 Å². The van der Waals surface area contributed by atoms with Gasteiger partial charge in [-0.15, -0.1) is 0 Å². The Labute approximate surface area is 260 Å². The molecule has 0 aliphatic rings. The maximum Gasteiger partial charge on any atom is 0.264 e. The highest BCUT2D eigenvalue weighted by molar-refractivity contribution is 9.10. The normalized spacial score (nSPS) is 11.9. The van der Waals surface area contributed by atoms with Gasteiger partial charge in [-0.3, -0.25) is 13.9 Å². The zero-order chi connectivity index (χ0) is 30.1. The van der Waals surface area contributed by atoms with Gasteiger partial charge >= 0.3 is 0 Å². The molecule has 0 aliphatic heterocycles. The highest BCUT2D eigenvalue weighted by Crippen LogP contribution is 2.28. The van der Waals surface area contributed by atoms with E-state index in [1.165, 1.54) is 17.0 Å². The average Bonchev–Trinajstić information content (AvgIpc) is 2.99. The van der Waals surface area contributed by atoms with Gasteiger partial charge in [-0.1, -0.05) is 100 Å². The maximum absolute atomic E-state index is 14.3. The summed E-state index contributed by atoms with van der Waals surface area (Å²) in [6.45, 7) is 1.64. The topological polar surface area (TPSA) is 86.8 Å². The van der Waals surface area contributed by atoms with Crippen LogP contribution in [0.2, 0.25) is 5.02 Å². The molecule has 1 N–H and O–H groups in total. The molecule has 0 saturated heterocycles. The molecule has 0 radical (unpaired) electrons. The highest BCUT2D eigenvalue weighted by Gasteiger charge is 2.34. The summed E-state index contributed by atoms with van der Waals surface area (Å²) < 4.78 is 29.6. The zero-order valence-electron chi connectivity index (χ0n) is 23.0.